The van der Waals surface area contributed by atoms with Crippen molar-refractivity contribution < 1.29 is 23.4 Å². The Labute approximate surface area is 67.5 Å². The minimum Gasteiger partial charge on any atom is -0.480 e. The van der Waals surface area contributed by atoms with Gasteiger partial charge < -0.3 is 15.2 Å². The monoisotopic (exact) mass is 181 g/mol. The average Bonchev–Trinajstić information content (AvgIpc) is 2.34. The van der Waals surface area contributed by atoms with Gasteiger partial charge in [0.1, 0.15) is 6.04 Å². The normalized spacial score (nSPS) is 29.6. The summed E-state index contributed by atoms with van der Waals surface area (Å²) in [5.74, 6) is -1.03. The molecule has 1 fully saturated rings. The van der Waals surface area contributed by atoms with Crippen molar-refractivity contribution >= 4 is 5.97 Å². The maximum Gasteiger partial charge on any atom is 0.345 e. The third-order valence-corrected chi connectivity index (χ3v) is 1.68. The van der Waals surface area contributed by atoms with Crippen LogP contribution < -0.4 is 5.32 Å². The zero-order valence-corrected chi connectivity index (χ0v) is 6.17. The van der Waals surface area contributed by atoms with Crippen molar-refractivity contribution in [1.82, 2.24) is 5.32 Å². The molecule has 0 aromatic carbocycles. The Morgan fingerprint density at radius 3 is 2.75 bits per heavy atom. The van der Waals surface area contributed by atoms with E-state index in [9.17, 15) is 13.6 Å². The lowest BCUT2D eigenvalue weighted by molar-refractivity contribution is -0.159. The Kier molecular flexibility index (Phi) is 2.93. The summed E-state index contributed by atoms with van der Waals surface area (Å²) in [5, 5.41) is 11.0. The van der Waals surface area contributed by atoms with Gasteiger partial charge in [0.15, 0.2) is 0 Å². The van der Waals surface area contributed by atoms with E-state index in [1.165, 1.54) is 0 Å². The van der Waals surface area contributed by atoms with Crippen LogP contribution in [0.5, 0.6) is 0 Å². The third kappa shape index (κ3) is 2.38. The molecule has 12 heavy (non-hydrogen) atoms. The van der Waals surface area contributed by atoms with Crippen LogP contribution in [-0.2, 0) is 9.53 Å². The molecule has 1 rings (SSSR count). The van der Waals surface area contributed by atoms with Gasteiger partial charge in [-0.2, -0.15) is 8.78 Å². The topological polar surface area (TPSA) is 58.6 Å². The van der Waals surface area contributed by atoms with Crippen LogP contribution in [0.4, 0.5) is 8.78 Å². The van der Waals surface area contributed by atoms with Crippen LogP contribution in [0.15, 0.2) is 0 Å². The van der Waals surface area contributed by atoms with Gasteiger partial charge in [-0.1, -0.05) is 0 Å². The summed E-state index contributed by atoms with van der Waals surface area (Å²) >= 11 is 0. The molecule has 0 aromatic rings. The Hall–Kier alpha value is -0.750. The number of alkyl halides is 2. The van der Waals surface area contributed by atoms with Crippen LogP contribution in [0.3, 0.4) is 0 Å². The lowest BCUT2D eigenvalue weighted by Crippen LogP contribution is -2.30. The van der Waals surface area contributed by atoms with Crippen LogP contribution in [0.2, 0.25) is 0 Å². The first-order valence-corrected chi connectivity index (χ1v) is 3.49. The summed E-state index contributed by atoms with van der Waals surface area (Å²) in [4.78, 5) is 10.3. The molecule has 1 saturated heterocycles. The van der Waals surface area contributed by atoms with E-state index in [1.54, 1.807) is 0 Å². The standard InChI is InChI=1S/C6H9F2NO3/c7-6(8)12-3-1-4(5(10)11)9-2-3/h3-4,6,9H,1-2H2,(H,10,11)/t3-,4+/m1/s1. The summed E-state index contributed by atoms with van der Waals surface area (Å²) in [6, 6.07) is -0.756. The molecule has 1 heterocycles. The predicted molar refractivity (Wildman–Crippen MR) is 34.9 cm³/mol. The van der Waals surface area contributed by atoms with Gasteiger partial charge in [-0.15, -0.1) is 0 Å². The molecule has 0 bridgehead atoms. The highest BCUT2D eigenvalue weighted by Gasteiger charge is 2.31. The van der Waals surface area contributed by atoms with Crippen LogP contribution in [0.25, 0.3) is 0 Å². The zero-order chi connectivity index (χ0) is 9.14. The fourth-order valence-corrected chi connectivity index (χ4v) is 1.14. The number of nitrogens with one attached hydrogen (secondary N) is 1. The van der Waals surface area contributed by atoms with Gasteiger partial charge >= 0.3 is 12.6 Å². The number of carboxylic acids is 1. The molecule has 2 atom stereocenters. The number of hydrogen-bond acceptors (Lipinski definition) is 3. The smallest absolute Gasteiger partial charge is 0.345 e. The summed E-state index contributed by atoms with van der Waals surface area (Å²) in [7, 11) is 0. The van der Waals surface area contributed by atoms with Crippen molar-refractivity contribution in [2.75, 3.05) is 6.54 Å². The van der Waals surface area contributed by atoms with E-state index in [1.807, 2.05) is 0 Å². The second-order valence-electron chi connectivity index (χ2n) is 2.55. The largest absolute Gasteiger partial charge is 0.480 e. The van der Waals surface area contributed by atoms with Crippen LogP contribution in [0.1, 0.15) is 6.42 Å². The van der Waals surface area contributed by atoms with Gasteiger partial charge in [-0.05, 0) is 0 Å². The van der Waals surface area contributed by atoms with Crippen molar-refractivity contribution in [1.29, 1.82) is 0 Å². The van der Waals surface area contributed by atoms with Gasteiger partial charge in [-0.3, -0.25) is 4.79 Å². The van der Waals surface area contributed by atoms with Gasteiger partial charge in [0.2, 0.25) is 0 Å². The number of hydrogen-bond donors (Lipinski definition) is 2. The number of rotatable bonds is 3. The summed E-state index contributed by atoms with van der Waals surface area (Å²) in [5.41, 5.74) is 0. The quantitative estimate of drug-likeness (QED) is 0.645. The molecule has 0 radical (unpaired) electrons. The van der Waals surface area contributed by atoms with Gasteiger partial charge in [0, 0.05) is 13.0 Å². The Bertz CT molecular complexity index is 176. The van der Waals surface area contributed by atoms with Crippen molar-refractivity contribution in [3.8, 4) is 0 Å². The Balaban J connectivity index is 2.30. The van der Waals surface area contributed by atoms with E-state index in [4.69, 9.17) is 5.11 Å². The number of carboxylic acid groups (broad SMARTS) is 1. The van der Waals surface area contributed by atoms with Gasteiger partial charge in [-0.25, -0.2) is 0 Å². The van der Waals surface area contributed by atoms with Crippen LogP contribution >= 0.6 is 0 Å². The third-order valence-electron chi connectivity index (χ3n) is 1.68. The highest BCUT2D eigenvalue weighted by molar-refractivity contribution is 5.73. The van der Waals surface area contributed by atoms with E-state index in [0.717, 1.165) is 0 Å². The second kappa shape index (κ2) is 3.77. The molecule has 70 valence electrons. The van der Waals surface area contributed by atoms with E-state index < -0.39 is 24.7 Å². The number of carbonyl (C=O) groups is 1. The highest BCUT2D eigenvalue weighted by Crippen LogP contribution is 2.13. The molecule has 6 heteroatoms. The van der Waals surface area contributed by atoms with E-state index in [2.05, 4.69) is 10.1 Å². The SMILES string of the molecule is O=C(O)[C@@H]1C[C@@H](OC(F)F)CN1. The average molecular weight is 181 g/mol. The van der Waals surface area contributed by atoms with E-state index >= 15 is 0 Å². The molecular formula is C6H9F2NO3. The van der Waals surface area contributed by atoms with E-state index in [-0.39, 0.29) is 13.0 Å². The van der Waals surface area contributed by atoms with Crippen molar-refractivity contribution in [3.05, 3.63) is 0 Å². The molecule has 1 aliphatic rings. The first kappa shape index (κ1) is 9.34. The van der Waals surface area contributed by atoms with E-state index in [0.29, 0.717) is 0 Å². The summed E-state index contributed by atoms with van der Waals surface area (Å²) in [6.45, 7) is -2.66. The molecule has 0 amide bonds. The predicted octanol–water partition coefficient (Wildman–Crippen LogP) is 0.0407. The first-order valence-electron chi connectivity index (χ1n) is 3.49. The number of aliphatic carboxylic acids is 1. The zero-order valence-electron chi connectivity index (χ0n) is 6.17. The fourth-order valence-electron chi connectivity index (χ4n) is 1.14. The molecule has 1 aliphatic heterocycles. The Morgan fingerprint density at radius 2 is 2.33 bits per heavy atom. The minimum atomic E-state index is -2.83. The lowest BCUT2D eigenvalue weighted by atomic mass is 10.2. The molecule has 4 nitrogen and oxygen atoms in total. The molecular weight excluding hydrogens is 172 g/mol. The van der Waals surface area contributed by atoms with Gasteiger partial charge in [0.05, 0.1) is 6.10 Å². The number of halogens is 2. The molecule has 2 N–H and O–H groups in total. The lowest BCUT2D eigenvalue weighted by Gasteiger charge is -2.08. The van der Waals surface area contributed by atoms with Crippen LogP contribution in [0, 0.1) is 0 Å². The minimum absolute atomic E-state index is 0.0969. The van der Waals surface area contributed by atoms with Crippen molar-refractivity contribution in [3.63, 3.8) is 0 Å². The maximum atomic E-state index is 11.6. The van der Waals surface area contributed by atoms with Crippen molar-refractivity contribution in [2.24, 2.45) is 0 Å². The van der Waals surface area contributed by atoms with Crippen LogP contribution in [-0.4, -0.2) is 36.4 Å². The molecule has 0 saturated carbocycles. The van der Waals surface area contributed by atoms with Crippen molar-refractivity contribution in [2.45, 2.75) is 25.2 Å². The summed E-state index contributed by atoms with van der Waals surface area (Å²) < 4.78 is 27.4. The van der Waals surface area contributed by atoms with Gasteiger partial charge in [0.25, 0.3) is 0 Å². The first-order chi connectivity index (χ1) is 5.59. The summed E-state index contributed by atoms with van der Waals surface area (Å²) in [6.07, 6.45) is -0.592. The highest BCUT2D eigenvalue weighted by atomic mass is 19.3. The molecule has 0 aromatic heterocycles. The molecule has 0 aliphatic carbocycles. The molecule has 0 spiro atoms. The number of ether oxygens (including phenoxy) is 1. The Morgan fingerprint density at radius 1 is 1.67 bits per heavy atom. The fraction of sp³-hybridized carbons (Fsp3) is 0.833. The molecule has 0 unspecified atom stereocenters. The maximum absolute atomic E-state index is 11.6. The second-order valence-corrected chi connectivity index (χ2v) is 2.55.